The first-order valence-corrected chi connectivity index (χ1v) is 6.32. The van der Waals surface area contributed by atoms with Crippen LogP contribution in [-0.2, 0) is 0 Å². The Morgan fingerprint density at radius 3 is 2.79 bits per heavy atom. The van der Waals surface area contributed by atoms with E-state index in [-0.39, 0.29) is 17.4 Å². The van der Waals surface area contributed by atoms with Gasteiger partial charge in [0, 0.05) is 25.2 Å². The number of rotatable bonds is 1. The van der Waals surface area contributed by atoms with E-state index < -0.39 is 11.2 Å². The second-order valence-corrected chi connectivity index (χ2v) is 5.26. The number of pyridine rings is 1. The molecule has 1 fully saturated rings. The molecule has 0 radical (unpaired) electrons. The van der Waals surface area contributed by atoms with E-state index in [0.29, 0.717) is 32.4 Å². The lowest BCUT2D eigenvalue weighted by molar-refractivity contribution is 0.0438. The summed E-state index contributed by atoms with van der Waals surface area (Å²) in [5.41, 5.74) is -1.08. The Balaban J connectivity index is 2.17. The van der Waals surface area contributed by atoms with Crippen LogP contribution in [0.4, 0.5) is 0 Å². The van der Waals surface area contributed by atoms with Crippen LogP contribution in [-0.4, -0.2) is 44.7 Å². The van der Waals surface area contributed by atoms with Gasteiger partial charge in [-0.25, -0.2) is 0 Å². The van der Waals surface area contributed by atoms with Gasteiger partial charge in [0.15, 0.2) is 5.88 Å². The topological polar surface area (TPSA) is 93.6 Å². The summed E-state index contributed by atoms with van der Waals surface area (Å²) >= 11 is 0. The Morgan fingerprint density at radius 2 is 2.11 bits per heavy atom. The van der Waals surface area contributed by atoms with Gasteiger partial charge in [0.05, 0.1) is 11.2 Å². The Morgan fingerprint density at radius 1 is 1.37 bits per heavy atom. The van der Waals surface area contributed by atoms with Crippen LogP contribution < -0.4 is 5.56 Å². The van der Waals surface area contributed by atoms with Gasteiger partial charge in [-0.15, -0.1) is 0 Å². The number of likely N-dealkylation sites (tertiary alicyclic amines) is 1. The van der Waals surface area contributed by atoms with Gasteiger partial charge < -0.3 is 15.1 Å². The predicted molar refractivity (Wildman–Crippen MR) is 69.1 cm³/mol. The van der Waals surface area contributed by atoms with E-state index in [1.807, 2.05) is 0 Å². The molecule has 1 saturated heterocycles. The summed E-state index contributed by atoms with van der Waals surface area (Å²) in [5.74, 6) is -0.614. The number of carbonyl (C=O) groups excluding carboxylic acids is 1. The number of aromatic hydroxyl groups is 1. The number of carbonyl (C=O) groups is 1. The van der Waals surface area contributed by atoms with Crippen molar-refractivity contribution in [2.45, 2.75) is 31.8 Å². The number of aromatic amines is 1. The van der Waals surface area contributed by atoms with E-state index in [9.17, 15) is 19.8 Å². The van der Waals surface area contributed by atoms with E-state index in [4.69, 9.17) is 0 Å². The number of hydrogen-bond acceptors (Lipinski definition) is 4. The minimum absolute atomic E-state index is 0.169. The maximum absolute atomic E-state index is 12.2. The number of amides is 1. The van der Waals surface area contributed by atoms with Crippen molar-refractivity contribution in [3.63, 3.8) is 0 Å². The fourth-order valence-corrected chi connectivity index (χ4v) is 2.30. The molecule has 2 rings (SSSR count). The molecule has 1 aromatic rings. The predicted octanol–water partition coefficient (Wildman–Crippen LogP) is 0.458. The minimum Gasteiger partial charge on any atom is -0.494 e. The molecule has 1 atom stereocenters. The third-order valence-corrected chi connectivity index (χ3v) is 3.43. The van der Waals surface area contributed by atoms with Gasteiger partial charge in [-0.05, 0) is 26.2 Å². The molecule has 0 spiro atoms. The normalized spacial score (nSPS) is 24.0. The van der Waals surface area contributed by atoms with Crippen LogP contribution in [0.15, 0.2) is 16.9 Å². The number of aromatic nitrogens is 1. The van der Waals surface area contributed by atoms with Crippen molar-refractivity contribution >= 4 is 5.91 Å². The van der Waals surface area contributed by atoms with Crippen LogP contribution in [0.25, 0.3) is 0 Å². The molecule has 6 nitrogen and oxygen atoms in total. The van der Waals surface area contributed by atoms with Crippen molar-refractivity contribution in [1.82, 2.24) is 9.88 Å². The van der Waals surface area contributed by atoms with Crippen LogP contribution in [0.1, 0.15) is 36.5 Å². The molecule has 1 aromatic heterocycles. The largest absolute Gasteiger partial charge is 0.494 e. The molecule has 0 aromatic carbocycles. The van der Waals surface area contributed by atoms with Gasteiger partial charge >= 0.3 is 0 Å². The van der Waals surface area contributed by atoms with Crippen molar-refractivity contribution in [2.24, 2.45) is 0 Å². The quantitative estimate of drug-likeness (QED) is 0.688. The molecular weight excluding hydrogens is 248 g/mol. The molecule has 19 heavy (non-hydrogen) atoms. The highest BCUT2D eigenvalue weighted by Crippen LogP contribution is 2.22. The molecule has 0 bridgehead atoms. The highest BCUT2D eigenvalue weighted by Gasteiger charge is 2.27. The fourth-order valence-electron chi connectivity index (χ4n) is 2.30. The molecule has 1 unspecified atom stereocenters. The summed E-state index contributed by atoms with van der Waals surface area (Å²) < 4.78 is 0. The van der Waals surface area contributed by atoms with Gasteiger partial charge in [0.1, 0.15) is 0 Å². The van der Waals surface area contributed by atoms with E-state index in [1.165, 1.54) is 12.1 Å². The van der Waals surface area contributed by atoms with Crippen LogP contribution >= 0.6 is 0 Å². The molecule has 1 aliphatic heterocycles. The molecule has 104 valence electrons. The summed E-state index contributed by atoms with van der Waals surface area (Å²) in [6, 6.07) is 2.41. The Kier molecular flexibility index (Phi) is 3.61. The number of H-pyrrole nitrogens is 1. The fraction of sp³-hybridized carbons (Fsp3) is 0.538. The SMILES string of the molecule is CC1(O)CCCN(C(=O)c2cc(O)[nH]c(=O)c2)CC1. The lowest BCUT2D eigenvalue weighted by atomic mass is 9.98. The van der Waals surface area contributed by atoms with Gasteiger partial charge in [-0.1, -0.05) is 0 Å². The number of aliphatic hydroxyl groups is 1. The summed E-state index contributed by atoms with van der Waals surface area (Å²) in [6.45, 7) is 2.75. The van der Waals surface area contributed by atoms with Crippen molar-refractivity contribution in [3.8, 4) is 5.88 Å². The molecule has 1 amide bonds. The highest BCUT2D eigenvalue weighted by atomic mass is 16.3. The summed E-state index contributed by atoms with van der Waals surface area (Å²) in [5, 5.41) is 19.3. The van der Waals surface area contributed by atoms with E-state index >= 15 is 0 Å². The first-order valence-electron chi connectivity index (χ1n) is 6.32. The van der Waals surface area contributed by atoms with E-state index in [0.717, 1.165) is 0 Å². The van der Waals surface area contributed by atoms with Crippen molar-refractivity contribution < 1.29 is 15.0 Å². The number of nitrogens with zero attached hydrogens (tertiary/aromatic N) is 1. The first kappa shape index (κ1) is 13.6. The van der Waals surface area contributed by atoms with Crippen molar-refractivity contribution in [2.75, 3.05) is 13.1 Å². The number of hydrogen-bond donors (Lipinski definition) is 3. The zero-order valence-corrected chi connectivity index (χ0v) is 10.8. The third kappa shape index (κ3) is 3.35. The first-order chi connectivity index (χ1) is 8.87. The molecule has 3 N–H and O–H groups in total. The molecule has 1 aliphatic rings. The monoisotopic (exact) mass is 266 g/mol. The molecule has 0 saturated carbocycles. The lowest BCUT2D eigenvalue weighted by Crippen LogP contribution is -2.34. The Labute approximate surface area is 110 Å². The average molecular weight is 266 g/mol. The van der Waals surface area contributed by atoms with Crippen molar-refractivity contribution in [1.29, 1.82) is 0 Å². The zero-order chi connectivity index (χ0) is 14.0. The van der Waals surface area contributed by atoms with Crippen LogP contribution in [0, 0.1) is 0 Å². The molecular formula is C13H18N2O4. The summed E-state index contributed by atoms with van der Waals surface area (Å²) in [7, 11) is 0. The smallest absolute Gasteiger partial charge is 0.254 e. The van der Waals surface area contributed by atoms with Crippen molar-refractivity contribution in [3.05, 3.63) is 28.0 Å². The van der Waals surface area contributed by atoms with Gasteiger partial charge in [0.25, 0.3) is 11.5 Å². The lowest BCUT2D eigenvalue weighted by Gasteiger charge is -2.22. The molecule has 6 heteroatoms. The second-order valence-electron chi connectivity index (χ2n) is 5.26. The van der Waals surface area contributed by atoms with E-state index in [1.54, 1.807) is 11.8 Å². The highest BCUT2D eigenvalue weighted by molar-refractivity contribution is 5.94. The maximum atomic E-state index is 12.2. The van der Waals surface area contributed by atoms with Gasteiger partial charge in [-0.3, -0.25) is 14.6 Å². The molecule has 0 aliphatic carbocycles. The minimum atomic E-state index is -0.745. The van der Waals surface area contributed by atoms with E-state index in [2.05, 4.69) is 4.98 Å². The van der Waals surface area contributed by atoms with Gasteiger partial charge in [-0.2, -0.15) is 0 Å². The van der Waals surface area contributed by atoms with Gasteiger partial charge in [0.2, 0.25) is 0 Å². The summed E-state index contributed by atoms with van der Waals surface area (Å²) in [6.07, 6.45) is 1.87. The van der Waals surface area contributed by atoms with Crippen LogP contribution in [0.5, 0.6) is 5.88 Å². The van der Waals surface area contributed by atoms with Crippen LogP contribution in [0.3, 0.4) is 0 Å². The summed E-state index contributed by atoms with van der Waals surface area (Å²) in [4.78, 5) is 27.3. The average Bonchev–Trinajstić information content (AvgIpc) is 2.48. The Bertz CT molecular complexity index is 536. The maximum Gasteiger partial charge on any atom is 0.254 e. The van der Waals surface area contributed by atoms with Crippen LogP contribution in [0.2, 0.25) is 0 Å². The second kappa shape index (κ2) is 5.05. The molecule has 2 heterocycles. The standard InChI is InChI=1S/C13H18N2O4/c1-13(19)3-2-5-15(6-4-13)12(18)9-7-10(16)14-11(17)8-9/h7-8,19H,2-6H2,1H3,(H2,14,16,17). The zero-order valence-electron chi connectivity index (χ0n) is 10.8. The number of nitrogens with one attached hydrogen (secondary N) is 1. The Hall–Kier alpha value is -1.82. The third-order valence-electron chi connectivity index (χ3n) is 3.43.